The predicted molar refractivity (Wildman–Crippen MR) is 110 cm³/mol. The molecule has 8 heteroatoms. The van der Waals surface area contributed by atoms with Gasteiger partial charge in [-0.3, -0.25) is 4.79 Å². The van der Waals surface area contributed by atoms with Gasteiger partial charge in [0.25, 0.3) is 5.91 Å². The maximum atomic E-state index is 12.0. The van der Waals surface area contributed by atoms with Gasteiger partial charge in [0.15, 0.2) is 4.34 Å². The van der Waals surface area contributed by atoms with Crippen LogP contribution < -0.4 is 5.43 Å². The summed E-state index contributed by atoms with van der Waals surface area (Å²) in [5.74, 6) is 0.0893. The van der Waals surface area contributed by atoms with E-state index in [2.05, 4.69) is 20.6 Å². The molecule has 0 bridgehead atoms. The molecular weight excluding hydrogens is 378 g/mol. The van der Waals surface area contributed by atoms with Gasteiger partial charge < -0.3 is 0 Å². The van der Waals surface area contributed by atoms with Crippen molar-refractivity contribution in [3.63, 3.8) is 0 Å². The first kappa shape index (κ1) is 17.4. The van der Waals surface area contributed by atoms with E-state index in [1.165, 1.54) is 11.8 Å². The third kappa shape index (κ3) is 4.42. The molecule has 0 fully saturated rings. The molecule has 0 saturated heterocycles. The van der Waals surface area contributed by atoms with E-state index in [4.69, 9.17) is 0 Å². The fraction of sp³-hybridized carbons (Fsp3) is 0.0526. The first-order valence-corrected chi connectivity index (χ1v) is 9.98. The van der Waals surface area contributed by atoms with Crippen LogP contribution in [0, 0.1) is 0 Å². The molecule has 134 valence electrons. The number of hydrogen-bond acceptors (Lipinski definition) is 6. The Balaban J connectivity index is 1.29. The third-order valence-electron chi connectivity index (χ3n) is 3.63. The van der Waals surface area contributed by atoms with E-state index in [1.807, 2.05) is 60.8 Å². The topological polar surface area (TPSA) is 72.2 Å². The summed E-state index contributed by atoms with van der Waals surface area (Å²) in [6.07, 6.45) is 5.12. The molecule has 4 aromatic rings. The smallest absolute Gasteiger partial charge is 0.250 e. The van der Waals surface area contributed by atoms with Crippen LogP contribution in [-0.2, 0) is 4.79 Å². The van der Waals surface area contributed by atoms with Crippen LogP contribution >= 0.6 is 23.1 Å². The number of thioether (sulfide) groups is 1. The minimum absolute atomic E-state index is 0.175. The Bertz CT molecular complexity index is 1050. The van der Waals surface area contributed by atoms with Gasteiger partial charge in [-0.2, -0.15) is 10.2 Å². The van der Waals surface area contributed by atoms with Crippen LogP contribution in [0.25, 0.3) is 15.9 Å². The molecular formula is C19H15N5OS2. The molecule has 6 nitrogen and oxygen atoms in total. The van der Waals surface area contributed by atoms with E-state index in [1.54, 1.807) is 28.4 Å². The molecule has 1 N–H and O–H groups in total. The molecule has 0 saturated carbocycles. The number of nitrogens with one attached hydrogen (secondary N) is 1. The van der Waals surface area contributed by atoms with Crippen LogP contribution in [0.4, 0.5) is 0 Å². The number of hydrazone groups is 1. The number of thiazole rings is 1. The molecule has 0 atom stereocenters. The first-order chi connectivity index (χ1) is 13.3. The molecule has 2 aromatic carbocycles. The maximum absolute atomic E-state index is 12.0. The summed E-state index contributed by atoms with van der Waals surface area (Å²) in [4.78, 5) is 16.5. The highest BCUT2D eigenvalue weighted by Crippen LogP contribution is 2.28. The number of fused-ring (bicyclic) bond motifs is 1. The number of aromatic nitrogens is 3. The summed E-state index contributed by atoms with van der Waals surface area (Å²) in [6.45, 7) is 0. The number of amides is 1. The number of para-hydroxylation sites is 2. The summed E-state index contributed by atoms with van der Waals surface area (Å²) >= 11 is 2.99. The van der Waals surface area contributed by atoms with E-state index < -0.39 is 0 Å². The van der Waals surface area contributed by atoms with Gasteiger partial charge in [-0.1, -0.05) is 42.1 Å². The SMILES string of the molecule is O=C(CSc1nc2ccccc2s1)N/N=C\c1cnn(-c2ccccc2)c1. The zero-order valence-electron chi connectivity index (χ0n) is 14.1. The lowest BCUT2D eigenvalue weighted by Crippen LogP contribution is -2.19. The second-order valence-corrected chi connectivity index (χ2v) is 7.84. The van der Waals surface area contributed by atoms with Crippen molar-refractivity contribution in [1.29, 1.82) is 0 Å². The van der Waals surface area contributed by atoms with E-state index in [9.17, 15) is 4.79 Å². The van der Waals surface area contributed by atoms with Crippen LogP contribution in [0.1, 0.15) is 5.56 Å². The minimum Gasteiger partial charge on any atom is -0.272 e. The Morgan fingerprint density at radius 3 is 2.85 bits per heavy atom. The summed E-state index contributed by atoms with van der Waals surface area (Å²) in [5, 5.41) is 8.28. The number of rotatable bonds is 6. The van der Waals surface area contributed by atoms with Crippen molar-refractivity contribution in [3.05, 3.63) is 72.6 Å². The molecule has 1 amide bonds. The van der Waals surface area contributed by atoms with E-state index in [0.29, 0.717) is 0 Å². The monoisotopic (exact) mass is 393 g/mol. The largest absolute Gasteiger partial charge is 0.272 e. The Labute approximate surface area is 163 Å². The van der Waals surface area contributed by atoms with Gasteiger partial charge in [0, 0.05) is 11.8 Å². The van der Waals surface area contributed by atoms with E-state index in [0.717, 1.165) is 25.8 Å². The maximum Gasteiger partial charge on any atom is 0.250 e. The van der Waals surface area contributed by atoms with Crippen molar-refractivity contribution >= 4 is 45.4 Å². The van der Waals surface area contributed by atoms with Crippen molar-refractivity contribution in [1.82, 2.24) is 20.2 Å². The van der Waals surface area contributed by atoms with Gasteiger partial charge in [-0.15, -0.1) is 11.3 Å². The Morgan fingerprint density at radius 1 is 1.19 bits per heavy atom. The van der Waals surface area contributed by atoms with Crippen LogP contribution in [0.3, 0.4) is 0 Å². The van der Waals surface area contributed by atoms with Gasteiger partial charge in [-0.05, 0) is 24.3 Å². The highest BCUT2D eigenvalue weighted by Gasteiger charge is 2.07. The molecule has 2 aromatic heterocycles. The lowest BCUT2D eigenvalue weighted by atomic mass is 10.3. The minimum atomic E-state index is -0.175. The molecule has 0 spiro atoms. The van der Waals surface area contributed by atoms with Crippen LogP contribution in [0.2, 0.25) is 0 Å². The van der Waals surface area contributed by atoms with Crippen LogP contribution in [0.15, 0.2) is 76.4 Å². The van der Waals surface area contributed by atoms with Gasteiger partial charge >= 0.3 is 0 Å². The molecule has 0 aliphatic rings. The van der Waals surface area contributed by atoms with Crippen molar-refractivity contribution in [3.8, 4) is 5.69 Å². The quantitative estimate of drug-likeness (QED) is 0.308. The van der Waals surface area contributed by atoms with Crippen molar-refractivity contribution in [2.24, 2.45) is 5.10 Å². The van der Waals surface area contributed by atoms with E-state index >= 15 is 0 Å². The Kier molecular flexibility index (Phi) is 5.27. The average molecular weight is 393 g/mol. The molecule has 0 aliphatic carbocycles. The third-order valence-corrected chi connectivity index (χ3v) is 5.81. The fourth-order valence-electron chi connectivity index (χ4n) is 2.38. The van der Waals surface area contributed by atoms with Crippen molar-refractivity contribution < 1.29 is 4.79 Å². The normalized spacial score (nSPS) is 11.3. The van der Waals surface area contributed by atoms with Gasteiger partial charge in [0.05, 0.1) is 34.1 Å². The zero-order chi connectivity index (χ0) is 18.5. The molecule has 27 heavy (non-hydrogen) atoms. The molecule has 0 unspecified atom stereocenters. The van der Waals surface area contributed by atoms with Crippen molar-refractivity contribution in [2.75, 3.05) is 5.75 Å². The van der Waals surface area contributed by atoms with Crippen molar-refractivity contribution in [2.45, 2.75) is 4.34 Å². The van der Waals surface area contributed by atoms with Gasteiger partial charge in [-0.25, -0.2) is 15.1 Å². The number of benzene rings is 2. The van der Waals surface area contributed by atoms with Crippen LogP contribution in [-0.4, -0.2) is 32.6 Å². The van der Waals surface area contributed by atoms with Gasteiger partial charge in [0.1, 0.15) is 0 Å². The van der Waals surface area contributed by atoms with E-state index in [-0.39, 0.29) is 11.7 Å². The molecule has 2 heterocycles. The Morgan fingerprint density at radius 2 is 2.00 bits per heavy atom. The highest BCUT2D eigenvalue weighted by atomic mass is 32.2. The van der Waals surface area contributed by atoms with Crippen LogP contribution in [0.5, 0.6) is 0 Å². The second-order valence-electron chi connectivity index (χ2n) is 5.58. The number of carbonyl (C=O) groups excluding carboxylic acids is 1. The highest BCUT2D eigenvalue weighted by molar-refractivity contribution is 8.01. The standard InChI is InChI=1S/C19H15N5OS2/c25-18(13-26-19-22-16-8-4-5-9-17(16)27-19)23-20-10-14-11-21-24(12-14)15-6-2-1-3-7-15/h1-12H,13H2,(H,23,25)/b20-10-. The fourth-order valence-corrected chi connectivity index (χ4v) is 4.24. The first-order valence-electron chi connectivity index (χ1n) is 8.18. The van der Waals surface area contributed by atoms with Gasteiger partial charge in [0.2, 0.25) is 0 Å². The number of carbonyl (C=O) groups is 1. The number of nitrogens with zero attached hydrogens (tertiary/aromatic N) is 4. The summed E-state index contributed by atoms with van der Waals surface area (Å²) in [5.41, 5.74) is 5.26. The summed E-state index contributed by atoms with van der Waals surface area (Å²) in [7, 11) is 0. The lowest BCUT2D eigenvalue weighted by molar-refractivity contribution is -0.118. The Hall–Kier alpha value is -2.97. The lowest BCUT2D eigenvalue weighted by Gasteiger charge is -1.98. The summed E-state index contributed by atoms with van der Waals surface area (Å²) in [6, 6.07) is 17.7. The average Bonchev–Trinajstić information content (AvgIpc) is 3.34. The molecule has 0 aliphatic heterocycles. The second kappa shape index (κ2) is 8.15. The molecule has 4 rings (SSSR count). The predicted octanol–water partition coefficient (Wildman–Crippen LogP) is 3.72. The summed E-state index contributed by atoms with van der Waals surface area (Å²) < 4.78 is 3.75. The zero-order valence-corrected chi connectivity index (χ0v) is 15.8. The molecule has 0 radical (unpaired) electrons. The number of hydrogen-bond donors (Lipinski definition) is 1.